The molecule has 1 aliphatic rings. The number of aliphatic hydroxyl groups excluding tert-OH is 1. The zero-order chi connectivity index (χ0) is 11.5. The van der Waals surface area contributed by atoms with Gasteiger partial charge in [-0.2, -0.15) is 0 Å². The highest BCUT2D eigenvalue weighted by atomic mass is 16.5. The Bertz CT molecular complexity index is 355. The lowest BCUT2D eigenvalue weighted by molar-refractivity contribution is 0.0529. The van der Waals surface area contributed by atoms with E-state index >= 15 is 0 Å². The van der Waals surface area contributed by atoms with E-state index < -0.39 is 6.10 Å². The number of morpholine rings is 1. The molecule has 0 amide bonds. The van der Waals surface area contributed by atoms with Crippen LogP contribution in [-0.2, 0) is 4.74 Å². The molecule has 1 aliphatic heterocycles. The molecular formula is C12H18N2O2. The summed E-state index contributed by atoms with van der Waals surface area (Å²) in [5, 5.41) is 9.53. The minimum Gasteiger partial charge on any atom is -0.389 e. The van der Waals surface area contributed by atoms with Crippen LogP contribution in [0.1, 0.15) is 25.5 Å². The number of anilines is 1. The summed E-state index contributed by atoms with van der Waals surface area (Å²) in [5.74, 6) is 0.925. The van der Waals surface area contributed by atoms with Crippen LogP contribution in [0.25, 0.3) is 0 Å². The van der Waals surface area contributed by atoms with Crippen molar-refractivity contribution in [1.29, 1.82) is 0 Å². The van der Waals surface area contributed by atoms with Gasteiger partial charge in [-0.25, -0.2) is 4.98 Å². The van der Waals surface area contributed by atoms with E-state index in [0.717, 1.165) is 31.1 Å². The Hall–Kier alpha value is -1.13. The molecule has 1 saturated heterocycles. The maximum absolute atomic E-state index is 9.53. The predicted molar refractivity (Wildman–Crippen MR) is 62.5 cm³/mol. The standard InChI is InChI=1S/C12H18N2O2/c1-9-8-14(5-6-16-9)12-7-11(10(2)15)3-4-13-12/h3-4,7,9-10,15H,5-6,8H2,1-2H3. The minimum absolute atomic E-state index is 0.241. The first-order chi connectivity index (χ1) is 7.66. The summed E-state index contributed by atoms with van der Waals surface area (Å²) in [6.07, 6.45) is 1.54. The number of hydrogen-bond acceptors (Lipinski definition) is 4. The molecule has 0 saturated carbocycles. The smallest absolute Gasteiger partial charge is 0.129 e. The van der Waals surface area contributed by atoms with Gasteiger partial charge >= 0.3 is 0 Å². The molecule has 4 heteroatoms. The molecule has 0 aromatic carbocycles. The molecule has 1 N–H and O–H groups in total. The fourth-order valence-electron chi connectivity index (χ4n) is 1.89. The minimum atomic E-state index is -0.444. The second-order valence-corrected chi connectivity index (χ2v) is 4.25. The molecule has 4 nitrogen and oxygen atoms in total. The number of ether oxygens (including phenoxy) is 1. The quantitative estimate of drug-likeness (QED) is 0.820. The fraction of sp³-hybridized carbons (Fsp3) is 0.583. The first-order valence-electron chi connectivity index (χ1n) is 5.67. The number of rotatable bonds is 2. The van der Waals surface area contributed by atoms with Crippen LogP contribution in [-0.4, -0.2) is 35.9 Å². The number of pyridine rings is 1. The topological polar surface area (TPSA) is 45.6 Å². The maximum atomic E-state index is 9.53. The van der Waals surface area contributed by atoms with Crippen molar-refractivity contribution in [2.45, 2.75) is 26.1 Å². The van der Waals surface area contributed by atoms with Crippen LogP contribution in [0.4, 0.5) is 5.82 Å². The summed E-state index contributed by atoms with van der Waals surface area (Å²) in [4.78, 5) is 6.53. The van der Waals surface area contributed by atoms with Gasteiger partial charge in [0.25, 0.3) is 0 Å². The molecule has 2 heterocycles. The Morgan fingerprint density at radius 1 is 1.62 bits per heavy atom. The zero-order valence-corrected chi connectivity index (χ0v) is 9.76. The summed E-state index contributed by atoms with van der Waals surface area (Å²) in [6, 6.07) is 3.79. The molecule has 88 valence electrons. The Morgan fingerprint density at radius 3 is 3.12 bits per heavy atom. The van der Waals surface area contributed by atoms with Crippen molar-refractivity contribution in [3.8, 4) is 0 Å². The lowest BCUT2D eigenvalue weighted by Crippen LogP contribution is -2.41. The molecular weight excluding hydrogens is 204 g/mol. The van der Waals surface area contributed by atoms with Crippen molar-refractivity contribution in [1.82, 2.24) is 4.98 Å². The van der Waals surface area contributed by atoms with Crippen LogP contribution in [0.15, 0.2) is 18.3 Å². The van der Waals surface area contributed by atoms with E-state index in [0.29, 0.717) is 0 Å². The van der Waals surface area contributed by atoms with E-state index in [1.165, 1.54) is 0 Å². The monoisotopic (exact) mass is 222 g/mol. The molecule has 2 atom stereocenters. The highest BCUT2D eigenvalue weighted by Gasteiger charge is 2.18. The van der Waals surface area contributed by atoms with Crippen molar-refractivity contribution in [2.24, 2.45) is 0 Å². The molecule has 1 aromatic rings. The summed E-state index contributed by atoms with van der Waals surface area (Å²) >= 11 is 0. The van der Waals surface area contributed by atoms with Crippen LogP contribution in [0.5, 0.6) is 0 Å². The van der Waals surface area contributed by atoms with Crippen molar-refractivity contribution in [2.75, 3.05) is 24.6 Å². The summed E-state index contributed by atoms with van der Waals surface area (Å²) in [5.41, 5.74) is 0.907. The van der Waals surface area contributed by atoms with Gasteiger partial charge in [0.05, 0.1) is 18.8 Å². The van der Waals surface area contributed by atoms with E-state index in [4.69, 9.17) is 4.74 Å². The van der Waals surface area contributed by atoms with E-state index in [-0.39, 0.29) is 6.10 Å². The van der Waals surface area contributed by atoms with Crippen LogP contribution >= 0.6 is 0 Å². The van der Waals surface area contributed by atoms with E-state index in [1.807, 2.05) is 12.1 Å². The maximum Gasteiger partial charge on any atom is 0.129 e. The summed E-state index contributed by atoms with van der Waals surface area (Å²) in [6.45, 7) is 6.28. The Kier molecular flexibility index (Phi) is 3.41. The Labute approximate surface area is 95.9 Å². The SMILES string of the molecule is CC1CN(c2cc(C(C)O)ccn2)CCO1. The highest BCUT2D eigenvalue weighted by molar-refractivity contribution is 5.42. The van der Waals surface area contributed by atoms with Gasteiger partial charge in [-0.05, 0) is 31.5 Å². The molecule has 1 aromatic heterocycles. The third-order valence-electron chi connectivity index (χ3n) is 2.82. The Balaban J connectivity index is 2.16. The average Bonchev–Trinajstić information content (AvgIpc) is 2.29. The normalized spacial score (nSPS) is 23.2. The van der Waals surface area contributed by atoms with E-state index in [1.54, 1.807) is 13.1 Å². The van der Waals surface area contributed by atoms with Gasteiger partial charge < -0.3 is 14.7 Å². The predicted octanol–water partition coefficient (Wildman–Crippen LogP) is 1.36. The summed E-state index contributed by atoms with van der Waals surface area (Å²) in [7, 11) is 0. The van der Waals surface area contributed by atoms with Crippen LogP contribution in [0.2, 0.25) is 0 Å². The molecule has 0 bridgehead atoms. The van der Waals surface area contributed by atoms with Crippen molar-refractivity contribution < 1.29 is 9.84 Å². The van der Waals surface area contributed by atoms with Gasteiger partial charge in [0.1, 0.15) is 5.82 Å². The van der Waals surface area contributed by atoms with Gasteiger partial charge in [0, 0.05) is 19.3 Å². The highest BCUT2D eigenvalue weighted by Crippen LogP contribution is 2.19. The van der Waals surface area contributed by atoms with Crippen LogP contribution in [0, 0.1) is 0 Å². The van der Waals surface area contributed by atoms with Crippen LogP contribution in [0.3, 0.4) is 0 Å². The lowest BCUT2D eigenvalue weighted by Gasteiger charge is -2.32. The first kappa shape index (κ1) is 11.4. The molecule has 1 fully saturated rings. The molecule has 16 heavy (non-hydrogen) atoms. The van der Waals surface area contributed by atoms with Gasteiger partial charge in [-0.3, -0.25) is 0 Å². The molecule has 0 radical (unpaired) electrons. The fourth-order valence-corrected chi connectivity index (χ4v) is 1.89. The molecule has 2 unspecified atom stereocenters. The number of nitrogens with zero attached hydrogens (tertiary/aromatic N) is 2. The Morgan fingerprint density at radius 2 is 2.44 bits per heavy atom. The zero-order valence-electron chi connectivity index (χ0n) is 9.76. The van der Waals surface area contributed by atoms with E-state index in [2.05, 4.69) is 16.8 Å². The second-order valence-electron chi connectivity index (χ2n) is 4.25. The van der Waals surface area contributed by atoms with Gasteiger partial charge in [-0.15, -0.1) is 0 Å². The third-order valence-corrected chi connectivity index (χ3v) is 2.82. The third kappa shape index (κ3) is 2.51. The van der Waals surface area contributed by atoms with Crippen molar-refractivity contribution >= 4 is 5.82 Å². The van der Waals surface area contributed by atoms with Gasteiger partial charge in [-0.1, -0.05) is 0 Å². The molecule has 0 aliphatic carbocycles. The lowest BCUT2D eigenvalue weighted by atomic mass is 10.1. The van der Waals surface area contributed by atoms with Gasteiger partial charge in [0.15, 0.2) is 0 Å². The largest absolute Gasteiger partial charge is 0.389 e. The van der Waals surface area contributed by atoms with Crippen molar-refractivity contribution in [3.05, 3.63) is 23.9 Å². The van der Waals surface area contributed by atoms with Gasteiger partial charge in [0.2, 0.25) is 0 Å². The number of hydrogen-bond donors (Lipinski definition) is 1. The molecule has 2 rings (SSSR count). The summed E-state index contributed by atoms with van der Waals surface area (Å²) < 4.78 is 5.49. The second kappa shape index (κ2) is 4.80. The number of aromatic nitrogens is 1. The first-order valence-corrected chi connectivity index (χ1v) is 5.67. The van der Waals surface area contributed by atoms with Crippen molar-refractivity contribution in [3.63, 3.8) is 0 Å². The molecule has 0 spiro atoms. The van der Waals surface area contributed by atoms with Crippen LogP contribution < -0.4 is 4.90 Å². The average molecular weight is 222 g/mol. The van der Waals surface area contributed by atoms with E-state index in [9.17, 15) is 5.11 Å². The number of aliphatic hydroxyl groups is 1.